The van der Waals surface area contributed by atoms with E-state index in [1.165, 1.54) is 52.6 Å². The van der Waals surface area contributed by atoms with Crippen LogP contribution < -0.4 is 4.90 Å². The van der Waals surface area contributed by atoms with Crippen LogP contribution in [-0.2, 0) is 14.3 Å². The number of nitrogens with zero attached hydrogens (tertiary/aromatic N) is 1. The Hall–Kier alpha value is -3.78. The van der Waals surface area contributed by atoms with E-state index in [1.54, 1.807) is 29.6 Å². The van der Waals surface area contributed by atoms with E-state index in [-0.39, 0.29) is 29.4 Å². The minimum absolute atomic E-state index is 0.0838. The van der Waals surface area contributed by atoms with Crippen LogP contribution in [-0.4, -0.2) is 29.4 Å². The first-order chi connectivity index (χ1) is 16.3. The van der Waals surface area contributed by atoms with Crippen LogP contribution in [0.4, 0.5) is 10.1 Å². The van der Waals surface area contributed by atoms with Crippen molar-refractivity contribution in [3.05, 3.63) is 93.4 Å². The number of anilines is 1. The van der Waals surface area contributed by atoms with Crippen molar-refractivity contribution in [3.63, 3.8) is 0 Å². The summed E-state index contributed by atoms with van der Waals surface area (Å²) in [6, 6.07) is 13.9. The van der Waals surface area contributed by atoms with Gasteiger partial charge in [-0.1, -0.05) is 19.9 Å². The first-order valence-corrected chi connectivity index (χ1v) is 11.5. The molecule has 34 heavy (non-hydrogen) atoms. The number of aliphatic hydroxyl groups is 1. The topological polar surface area (TPSA) is 83.9 Å². The zero-order valence-electron chi connectivity index (χ0n) is 18.5. The molecule has 1 saturated heterocycles. The molecule has 1 atom stereocenters. The number of thiophene rings is 1. The second-order valence-corrected chi connectivity index (χ2v) is 9.21. The van der Waals surface area contributed by atoms with Gasteiger partial charge in [0, 0.05) is 16.1 Å². The van der Waals surface area contributed by atoms with Crippen LogP contribution in [0.15, 0.2) is 71.6 Å². The number of carbonyl (C=O) groups is 3. The molecule has 0 radical (unpaired) electrons. The van der Waals surface area contributed by atoms with E-state index in [4.69, 9.17) is 4.74 Å². The van der Waals surface area contributed by atoms with Gasteiger partial charge < -0.3 is 9.84 Å². The van der Waals surface area contributed by atoms with Crippen molar-refractivity contribution in [1.82, 2.24) is 0 Å². The van der Waals surface area contributed by atoms with Gasteiger partial charge in [-0.2, -0.15) is 0 Å². The highest BCUT2D eigenvalue weighted by molar-refractivity contribution is 7.10. The predicted molar refractivity (Wildman–Crippen MR) is 127 cm³/mol. The van der Waals surface area contributed by atoms with Gasteiger partial charge in [0.1, 0.15) is 17.6 Å². The maximum Gasteiger partial charge on any atom is 0.338 e. The van der Waals surface area contributed by atoms with Crippen LogP contribution in [0.2, 0.25) is 0 Å². The van der Waals surface area contributed by atoms with Crippen molar-refractivity contribution >= 4 is 40.4 Å². The normalized spacial score (nSPS) is 17.4. The molecular formula is C26H22FNO5S. The van der Waals surface area contributed by atoms with Gasteiger partial charge >= 0.3 is 5.97 Å². The number of esters is 1. The Labute approximate surface area is 199 Å². The molecule has 0 aliphatic carbocycles. The van der Waals surface area contributed by atoms with Crippen molar-refractivity contribution in [1.29, 1.82) is 0 Å². The minimum Gasteiger partial charge on any atom is -0.507 e. The molecule has 1 amide bonds. The van der Waals surface area contributed by atoms with E-state index in [9.17, 15) is 23.9 Å². The third-order valence-electron chi connectivity index (χ3n) is 5.30. The molecule has 1 aromatic heterocycles. The number of hydrogen-bond acceptors (Lipinski definition) is 6. The molecule has 1 N–H and O–H groups in total. The van der Waals surface area contributed by atoms with Crippen LogP contribution in [0.25, 0.3) is 5.76 Å². The van der Waals surface area contributed by atoms with Crippen LogP contribution in [0.3, 0.4) is 0 Å². The average molecular weight is 480 g/mol. The van der Waals surface area contributed by atoms with Crippen molar-refractivity contribution < 1.29 is 28.6 Å². The summed E-state index contributed by atoms with van der Waals surface area (Å²) in [5, 5.41) is 12.8. The van der Waals surface area contributed by atoms with Crippen molar-refractivity contribution in [3.8, 4) is 0 Å². The first-order valence-electron chi connectivity index (χ1n) is 10.7. The first kappa shape index (κ1) is 23.4. The van der Waals surface area contributed by atoms with Crippen LogP contribution in [0.1, 0.15) is 40.7 Å². The van der Waals surface area contributed by atoms with E-state index in [0.29, 0.717) is 16.1 Å². The second-order valence-electron chi connectivity index (χ2n) is 8.23. The van der Waals surface area contributed by atoms with E-state index in [0.717, 1.165) is 0 Å². The molecule has 0 bridgehead atoms. The summed E-state index contributed by atoms with van der Waals surface area (Å²) in [6.07, 6.45) is 0. The fourth-order valence-corrected chi connectivity index (χ4v) is 4.49. The van der Waals surface area contributed by atoms with Gasteiger partial charge in [-0.05, 0) is 65.9 Å². The predicted octanol–water partition coefficient (Wildman–Crippen LogP) is 5.33. The zero-order chi connectivity index (χ0) is 24.4. The molecule has 3 aromatic rings. The number of rotatable bonds is 6. The number of Topliss-reactive ketones (excluding diaryl/α,β-unsaturated/α-hetero) is 1. The minimum atomic E-state index is -0.871. The molecule has 2 heterocycles. The number of halogens is 1. The molecular weight excluding hydrogens is 457 g/mol. The molecule has 0 spiro atoms. The van der Waals surface area contributed by atoms with Gasteiger partial charge in [0.05, 0.1) is 17.7 Å². The molecule has 1 fully saturated rings. The van der Waals surface area contributed by atoms with E-state index in [1.807, 2.05) is 13.8 Å². The molecule has 2 aromatic carbocycles. The monoisotopic (exact) mass is 479 g/mol. The summed E-state index contributed by atoms with van der Waals surface area (Å²) in [6.45, 7) is 4.16. The zero-order valence-corrected chi connectivity index (χ0v) is 19.3. The molecule has 8 heteroatoms. The van der Waals surface area contributed by atoms with Gasteiger partial charge in [0.15, 0.2) is 0 Å². The Morgan fingerprint density at radius 1 is 1.06 bits per heavy atom. The SMILES string of the molecule is CC(C)COC(=O)c1ccc(N2C(=O)C(=O)/C(=C(\O)c3ccc(F)cc3)C2c2cccs2)cc1. The van der Waals surface area contributed by atoms with Crippen molar-refractivity contribution in [2.24, 2.45) is 5.92 Å². The van der Waals surface area contributed by atoms with Crippen LogP contribution >= 0.6 is 11.3 Å². The third kappa shape index (κ3) is 4.49. The second kappa shape index (κ2) is 9.61. The molecule has 1 aliphatic rings. The molecule has 6 nitrogen and oxygen atoms in total. The summed E-state index contributed by atoms with van der Waals surface area (Å²) < 4.78 is 18.6. The fourth-order valence-electron chi connectivity index (χ4n) is 3.66. The maximum absolute atomic E-state index is 13.4. The summed E-state index contributed by atoms with van der Waals surface area (Å²) in [5.74, 6) is -2.81. The number of aliphatic hydroxyl groups excluding tert-OH is 1. The van der Waals surface area contributed by atoms with E-state index >= 15 is 0 Å². The molecule has 1 aliphatic heterocycles. The molecule has 0 saturated carbocycles. The Morgan fingerprint density at radius 3 is 2.29 bits per heavy atom. The highest BCUT2D eigenvalue weighted by atomic mass is 32.1. The van der Waals surface area contributed by atoms with Crippen LogP contribution in [0, 0.1) is 11.7 Å². The Kier molecular flexibility index (Phi) is 6.61. The average Bonchev–Trinajstić information content (AvgIpc) is 3.44. The number of ether oxygens (including phenoxy) is 1. The lowest BCUT2D eigenvalue weighted by atomic mass is 9.99. The Balaban J connectivity index is 1.74. The van der Waals surface area contributed by atoms with Gasteiger partial charge in [-0.15, -0.1) is 11.3 Å². The molecule has 1 unspecified atom stereocenters. The third-order valence-corrected chi connectivity index (χ3v) is 6.23. The van der Waals surface area contributed by atoms with E-state index < -0.39 is 29.5 Å². The Morgan fingerprint density at radius 2 is 1.71 bits per heavy atom. The number of ketones is 1. The van der Waals surface area contributed by atoms with Gasteiger partial charge in [-0.3, -0.25) is 14.5 Å². The quantitative estimate of drug-likeness (QED) is 0.224. The lowest BCUT2D eigenvalue weighted by Crippen LogP contribution is -2.29. The summed E-state index contributed by atoms with van der Waals surface area (Å²) in [7, 11) is 0. The van der Waals surface area contributed by atoms with Crippen molar-refractivity contribution in [2.45, 2.75) is 19.9 Å². The van der Waals surface area contributed by atoms with Gasteiger partial charge in [0.25, 0.3) is 11.7 Å². The largest absolute Gasteiger partial charge is 0.507 e. The lowest BCUT2D eigenvalue weighted by molar-refractivity contribution is -0.132. The summed E-state index contributed by atoms with van der Waals surface area (Å²) in [5.41, 5.74) is 0.850. The maximum atomic E-state index is 13.4. The number of carbonyl (C=O) groups excluding carboxylic acids is 3. The summed E-state index contributed by atoms with van der Waals surface area (Å²) in [4.78, 5) is 40.4. The highest BCUT2D eigenvalue weighted by Crippen LogP contribution is 2.43. The van der Waals surface area contributed by atoms with Crippen molar-refractivity contribution in [2.75, 3.05) is 11.5 Å². The van der Waals surface area contributed by atoms with E-state index in [2.05, 4.69) is 0 Å². The lowest BCUT2D eigenvalue weighted by Gasteiger charge is -2.24. The number of amides is 1. The molecule has 4 rings (SSSR count). The number of benzene rings is 2. The summed E-state index contributed by atoms with van der Waals surface area (Å²) >= 11 is 1.33. The Bertz CT molecular complexity index is 1250. The molecule has 174 valence electrons. The fraction of sp³-hybridized carbons (Fsp3) is 0.192. The van der Waals surface area contributed by atoms with Crippen LogP contribution in [0.5, 0.6) is 0 Å². The smallest absolute Gasteiger partial charge is 0.338 e. The van der Waals surface area contributed by atoms with Gasteiger partial charge in [0.2, 0.25) is 0 Å². The number of hydrogen-bond donors (Lipinski definition) is 1. The standard InChI is InChI=1S/C26H22FNO5S/c1-15(2)14-33-26(32)17-7-11-19(12-8-17)28-22(20-4-3-13-34-20)21(24(30)25(28)31)23(29)16-5-9-18(27)10-6-16/h3-13,15,22,29H,14H2,1-2H3/b23-21-. The van der Waals surface area contributed by atoms with Gasteiger partial charge in [-0.25, -0.2) is 9.18 Å². The highest BCUT2D eigenvalue weighted by Gasteiger charge is 2.47.